The molecule has 0 radical (unpaired) electrons. The van der Waals surface area contributed by atoms with E-state index in [1.54, 1.807) is 0 Å². The first-order valence-electron chi connectivity index (χ1n) is 16.9. The van der Waals surface area contributed by atoms with Gasteiger partial charge in [-0.2, -0.15) is 5.26 Å². The zero-order chi connectivity index (χ0) is 33.0. The standard InChI is InChI=1S/C45H31N3S/c1-4-41-47-37-14-9-15-40-44(37)48(41)38-24-28(18-21-39(38)49-40)43-33-12-7-5-10-31(33)42(32-11-6-8-13-34(32)43)27-17-20-30-29-19-16-26(25-46)22-35(29)45(2,3)36(30)23-27/h5-24H,4H2,1-3H3. The molecule has 10 rings (SSSR count). The normalized spacial score (nSPS) is 13.8. The van der Waals surface area contributed by atoms with Crippen LogP contribution in [-0.2, 0) is 11.8 Å². The van der Waals surface area contributed by atoms with E-state index in [2.05, 4.69) is 147 Å². The van der Waals surface area contributed by atoms with Crippen molar-refractivity contribution in [1.29, 1.82) is 5.26 Å². The minimum absolute atomic E-state index is 0.213. The highest BCUT2D eigenvalue weighted by Crippen LogP contribution is 2.52. The maximum absolute atomic E-state index is 9.64. The first-order valence-corrected chi connectivity index (χ1v) is 17.7. The molecule has 0 fully saturated rings. The molecule has 0 amide bonds. The van der Waals surface area contributed by atoms with Crippen LogP contribution in [0.5, 0.6) is 0 Å². The molecule has 3 nitrogen and oxygen atoms in total. The Hall–Kier alpha value is -5.63. The van der Waals surface area contributed by atoms with E-state index in [0.29, 0.717) is 5.56 Å². The number of nitriles is 1. The summed E-state index contributed by atoms with van der Waals surface area (Å²) in [6, 6.07) is 46.7. The number of benzene rings is 7. The Morgan fingerprint density at radius 3 is 1.94 bits per heavy atom. The molecule has 0 spiro atoms. The zero-order valence-electron chi connectivity index (χ0n) is 27.5. The van der Waals surface area contributed by atoms with Crippen LogP contribution in [-0.4, -0.2) is 9.55 Å². The molecule has 0 atom stereocenters. The van der Waals surface area contributed by atoms with Crippen molar-refractivity contribution in [3.8, 4) is 45.1 Å². The second kappa shape index (κ2) is 10.2. The van der Waals surface area contributed by atoms with Crippen molar-refractivity contribution in [3.05, 3.63) is 144 Å². The Morgan fingerprint density at radius 1 is 0.673 bits per heavy atom. The molecular weight excluding hydrogens is 615 g/mol. The van der Waals surface area contributed by atoms with Gasteiger partial charge in [0, 0.05) is 21.6 Å². The van der Waals surface area contributed by atoms with Gasteiger partial charge in [-0.1, -0.05) is 111 Å². The number of imidazole rings is 1. The lowest BCUT2D eigenvalue weighted by Gasteiger charge is -2.24. The van der Waals surface area contributed by atoms with Gasteiger partial charge in [-0.25, -0.2) is 4.98 Å². The van der Waals surface area contributed by atoms with Crippen molar-refractivity contribution in [3.63, 3.8) is 0 Å². The largest absolute Gasteiger partial charge is 0.294 e. The average Bonchev–Trinajstić information content (AvgIpc) is 3.63. The van der Waals surface area contributed by atoms with Crippen LogP contribution in [0.25, 0.3) is 71.6 Å². The molecule has 7 aromatic carbocycles. The van der Waals surface area contributed by atoms with E-state index >= 15 is 0 Å². The molecule has 8 aromatic rings. The van der Waals surface area contributed by atoms with Crippen LogP contribution in [0.15, 0.2) is 131 Å². The molecule has 0 N–H and O–H groups in total. The fraction of sp³-hybridized carbons (Fsp3) is 0.111. The summed E-state index contributed by atoms with van der Waals surface area (Å²) in [4.78, 5) is 7.56. The van der Waals surface area contributed by atoms with Gasteiger partial charge in [0.25, 0.3) is 0 Å². The van der Waals surface area contributed by atoms with E-state index in [1.807, 2.05) is 17.8 Å². The number of aryl methyl sites for hydroxylation is 1. The topological polar surface area (TPSA) is 41.6 Å². The Labute approximate surface area is 289 Å². The Morgan fingerprint density at radius 2 is 1.29 bits per heavy atom. The third-order valence-corrected chi connectivity index (χ3v) is 11.9. The van der Waals surface area contributed by atoms with Crippen LogP contribution in [0.3, 0.4) is 0 Å². The van der Waals surface area contributed by atoms with Crippen LogP contribution < -0.4 is 0 Å². The average molecular weight is 646 g/mol. The van der Waals surface area contributed by atoms with Crippen molar-refractivity contribution < 1.29 is 0 Å². The molecule has 49 heavy (non-hydrogen) atoms. The second-order valence-corrected chi connectivity index (χ2v) is 14.8. The van der Waals surface area contributed by atoms with Crippen LogP contribution in [0.1, 0.15) is 43.3 Å². The number of hydrogen-bond donors (Lipinski definition) is 0. The zero-order valence-corrected chi connectivity index (χ0v) is 28.3. The van der Waals surface area contributed by atoms with Gasteiger partial charge in [0.1, 0.15) is 5.82 Å². The lowest BCUT2D eigenvalue weighted by atomic mass is 9.80. The van der Waals surface area contributed by atoms with E-state index in [-0.39, 0.29) is 5.41 Å². The highest BCUT2D eigenvalue weighted by molar-refractivity contribution is 7.99. The van der Waals surface area contributed by atoms with Crippen LogP contribution in [0.4, 0.5) is 0 Å². The summed E-state index contributed by atoms with van der Waals surface area (Å²) in [6.45, 7) is 6.76. The number of para-hydroxylation sites is 1. The molecule has 0 bridgehead atoms. The minimum atomic E-state index is -0.213. The van der Waals surface area contributed by atoms with Crippen LogP contribution in [0, 0.1) is 11.3 Å². The lowest BCUT2D eigenvalue weighted by molar-refractivity contribution is 0.660. The van der Waals surface area contributed by atoms with Gasteiger partial charge in [0.15, 0.2) is 0 Å². The quantitative estimate of drug-likeness (QED) is 0.180. The van der Waals surface area contributed by atoms with Crippen LogP contribution in [0.2, 0.25) is 0 Å². The number of hydrogen-bond acceptors (Lipinski definition) is 3. The van der Waals surface area contributed by atoms with E-state index in [4.69, 9.17) is 4.98 Å². The van der Waals surface area contributed by atoms with Crippen molar-refractivity contribution >= 4 is 44.3 Å². The smallest absolute Gasteiger partial charge is 0.114 e. The molecule has 232 valence electrons. The maximum Gasteiger partial charge on any atom is 0.114 e. The number of fused-ring (bicyclic) bond motifs is 7. The van der Waals surface area contributed by atoms with Gasteiger partial charge in [0.2, 0.25) is 0 Å². The summed E-state index contributed by atoms with van der Waals surface area (Å²) in [7, 11) is 0. The van der Waals surface area contributed by atoms with Crippen molar-refractivity contribution in [1.82, 2.24) is 9.55 Å². The predicted molar refractivity (Wildman–Crippen MR) is 203 cm³/mol. The van der Waals surface area contributed by atoms with Crippen molar-refractivity contribution in [2.45, 2.75) is 42.4 Å². The fourth-order valence-corrected chi connectivity index (χ4v) is 9.56. The Kier molecular flexibility index (Phi) is 5.90. The van der Waals surface area contributed by atoms with E-state index < -0.39 is 0 Å². The SMILES string of the molecule is CCc1nc2cccc3c2n1-c1cc(-c2c4ccccc4c(-c4ccc5c(c4)C(C)(C)c4cc(C#N)ccc4-5)c4ccccc24)ccc1S3. The lowest BCUT2D eigenvalue weighted by Crippen LogP contribution is -2.15. The molecule has 2 heterocycles. The van der Waals surface area contributed by atoms with Gasteiger partial charge < -0.3 is 0 Å². The molecule has 1 aliphatic heterocycles. The summed E-state index contributed by atoms with van der Waals surface area (Å²) in [5, 5.41) is 14.6. The van der Waals surface area contributed by atoms with E-state index in [1.165, 1.54) is 87.0 Å². The fourth-order valence-electron chi connectivity index (χ4n) is 8.49. The van der Waals surface area contributed by atoms with Gasteiger partial charge in [0.05, 0.1) is 28.4 Å². The van der Waals surface area contributed by atoms with Crippen LogP contribution >= 0.6 is 11.8 Å². The molecule has 2 aliphatic rings. The second-order valence-electron chi connectivity index (χ2n) is 13.7. The Balaban J connectivity index is 1.21. The minimum Gasteiger partial charge on any atom is -0.294 e. The number of nitrogens with zero attached hydrogens (tertiary/aromatic N) is 3. The van der Waals surface area contributed by atoms with Gasteiger partial charge in [-0.15, -0.1) is 0 Å². The summed E-state index contributed by atoms with van der Waals surface area (Å²) < 4.78 is 2.39. The summed E-state index contributed by atoms with van der Waals surface area (Å²) >= 11 is 1.84. The molecule has 0 unspecified atom stereocenters. The van der Waals surface area contributed by atoms with Gasteiger partial charge >= 0.3 is 0 Å². The monoisotopic (exact) mass is 645 g/mol. The molecular formula is C45H31N3S. The molecule has 1 aromatic heterocycles. The van der Waals surface area contributed by atoms with Crippen molar-refractivity contribution in [2.75, 3.05) is 0 Å². The maximum atomic E-state index is 9.64. The summed E-state index contributed by atoms with van der Waals surface area (Å²) in [6.07, 6.45) is 0.866. The molecule has 1 aliphatic carbocycles. The Bertz CT molecular complexity index is 2720. The predicted octanol–water partition coefficient (Wildman–Crippen LogP) is 11.9. The molecule has 4 heteroatoms. The summed E-state index contributed by atoms with van der Waals surface area (Å²) in [5.41, 5.74) is 13.9. The van der Waals surface area contributed by atoms with Gasteiger partial charge in [-0.3, -0.25) is 4.57 Å². The van der Waals surface area contributed by atoms with Crippen molar-refractivity contribution in [2.24, 2.45) is 0 Å². The molecule has 0 saturated heterocycles. The van der Waals surface area contributed by atoms with E-state index in [0.717, 1.165) is 17.8 Å². The highest BCUT2D eigenvalue weighted by atomic mass is 32.2. The number of aromatic nitrogens is 2. The molecule has 0 saturated carbocycles. The first kappa shape index (κ1) is 28.4. The van der Waals surface area contributed by atoms with Gasteiger partial charge in [-0.05, 0) is 109 Å². The number of rotatable bonds is 3. The summed E-state index contributed by atoms with van der Waals surface area (Å²) in [5.74, 6) is 1.09. The first-order chi connectivity index (χ1) is 24.0. The highest BCUT2D eigenvalue weighted by Gasteiger charge is 2.36. The third kappa shape index (κ3) is 3.88. The third-order valence-electron chi connectivity index (χ3n) is 10.8. The van der Waals surface area contributed by atoms with E-state index in [9.17, 15) is 5.26 Å².